The Labute approximate surface area is 158 Å². The van der Waals surface area contributed by atoms with Crippen LogP contribution in [0.15, 0.2) is 55.2 Å². The van der Waals surface area contributed by atoms with Crippen molar-refractivity contribution in [1.29, 1.82) is 0 Å². The van der Waals surface area contributed by atoms with Crippen molar-refractivity contribution in [3.05, 3.63) is 72.3 Å². The minimum absolute atomic E-state index is 0.0315. The molecule has 1 saturated heterocycles. The number of aryl methyl sites for hydroxylation is 1. The van der Waals surface area contributed by atoms with Gasteiger partial charge in [0.15, 0.2) is 0 Å². The van der Waals surface area contributed by atoms with Gasteiger partial charge in [-0.1, -0.05) is 0 Å². The maximum Gasteiger partial charge on any atom is 0.255 e. The first-order valence-electron chi connectivity index (χ1n) is 9.15. The number of pyridine rings is 2. The minimum atomic E-state index is 0.0315. The van der Waals surface area contributed by atoms with Gasteiger partial charge >= 0.3 is 0 Å². The molecular weight excluding hydrogens is 338 g/mol. The summed E-state index contributed by atoms with van der Waals surface area (Å²) in [5, 5.41) is 0. The molecule has 0 unspecified atom stereocenters. The zero-order chi connectivity index (χ0) is 18.6. The smallest absolute Gasteiger partial charge is 0.255 e. The fourth-order valence-corrected chi connectivity index (χ4v) is 3.61. The lowest BCUT2D eigenvalue weighted by molar-refractivity contribution is 0.0705. The lowest BCUT2D eigenvalue weighted by atomic mass is 9.90. The highest BCUT2D eigenvalue weighted by Gasteiger charge is 2.28. The Morgan fingerprint density at radius 3 is 2.74 bits per heavy atom. The second-order valence-corrected chi connectivity index (χ2v) is 6.78. The lowest BCUT2D eigenvalue weighted by Crippen LogP contribution is -2.39. The number of hydrogen-bond acceptors (Lipinski definition) is 5. The van der Waals surface area contributed by atoms with Crippen molar-refractivity contribution in [3.8, 4) is 11.1 Å². The van der Waals surface area contributed by atoms with Crippen LogP contribution in [0.2, 0.25) is 0 Å². The van der Waals surface area contributed by atoms with Gasteiger partial charge in [-0.25, -0.2) is 9.97 Å². The average Bonchev–Trinajstić information content (AvgIpc) is 2.74. The maximum absolute atomic E-state index is 12.8. The summed E-state index contributed by atoms with van der Waals surface area (Å²) in [5.41, 5.74) is 3.71. The Kier molecular flexibility index (Phi) is 4.87. The van der Waals surface area contributed by atoms with Crippen LogP contribution in [-0.4, -0.2) is 43.8 Å². The number of carbonyl (C=O) groups excluding carboxylic acids is 1. The normalized spacial score (nSPS) is 16.9. The zero-order valence-electron chi connectivity index (χ0n) is 15.2. The van der Waals surface area contributed by atoms with Crippen molar-refractivity contribution < 1.29 is 4.79 Å². The largest absolute Gasteiger partial charge is 0.338 e. The van der Waals surface area contributed by atoms with Crippen LogP contribution in [-0.2, 0) is 0 Å². The summed E-state index contributed by atoms with van der Waals surface area (Å²) in [6.07, 6.45) is 10.7. The third-order valence-corrected chi connectivity index (χ3v) is 4.93. The Morgan fingerprint density at radius 1 is 1.11 bits per heavy atom. The van der Waals surface area contributed by atoms with E-state index in [1.54, 1.807) is 30.9 Å². The Morgan fingerprint density at radius 2 is 1.96 bits per heavy atom. The van der Waals surface area contributed by atoms with Crippen LogP contribution in [0.1, 0.15) is 40.6 Å². The molecule has 0 radical (unpaired) electrons. The topological polar surface area (TPSA) is 71.9 Å². The SMILES string of the molecule is Cc1ncc(-c2ccncc2)c([C@H]2CCCN(C(=O)c3cccnc3)C2)n1. The van der Waals surface area contributed by atoms with Gasteiger partial charge in [0.2, 0.25) is 0 Å². The minimum Gasteiger partial charge on any atom is -0.338 e. The standard InChI is InChI=1S/C21H21N5O/c1-15-24-13-19(16-6-9-22-10-7-16)20(25-15)18-5-3-11-26(14-18)21(27)17-4-2-8-23-12-17/h2,4,6-10,12-13,18H,3,5,11,14H2,1H3/t18-/m0/s1. The van der Waals surface area contributed by atoms with Crippen molar-refractivity contribution in [1.82, 2.24) is 24.8 Å². The third-order valence-electron chi connectivity index (χ3n) is 4.93. The molecule has 3 aromatic rings. The molecule has 0 saturated carbocycles. The van der Waals surface area contributed by atoms with E-state index < -0.39 is 0 Å². The van der Waals surface area contributed by atoms with Crippen LogP contribution in [0.4, 0.5) is 0 Å². The molecule has 0 bridgehead atoms. The van der Waals surface area contributed by atoms with Gasteiger partial charge in [0.05, 0.1) is 11.3 Å². The van der Waals surface area contributed by atoms with Gasteiger partial charge in [0.25, 0.3) is 5.91 Å². The monoisotopic (exact) mass is 359 g/mol. The summed E-state index contributed by atoms with van der Waals surface area (Å²) >= 11 is 0. The molecule has 0 N–H and O–H groups in total. The van der Waals surface area contributed by atoms with Gasteiger partial charge < -0.3 is 4.90 Å². The van der Waals surface area contributed by atoms with Gasteiger partial charge in [0, 0.05) is 55.6 Å². The van der Waals surface area contributed by atoms with E-state index in [1.165, 1.54) is 0 Å². The van der Waals surface area contributed by atoms with E-state index >= 15 is 0 Å². The third kappa shape index (κ3) is 3.69. The predicted molar refractivity (Wildman–Crippen MR) is 102 cm³/mol. The fraction of sp³-hybridized carbons (Fsp3) is 0.286. The molecule has 136 valence electrons. The van der Waals surface area contributed by atoms with Crippen molar-refractivity contribution >= 4 is 5.91 Å². The molecule has 0 aliphatic carbocycles. The van der Waals surface area contributed by atoms with Crippen LogP contribution in [0.5, 0.6) is 0 Å². The molecular formula is C21H21N5O. The summed E-state index contributed by atoms with van der Waals surface area (Å²) in [4.78, 5) is 32.1. The number of nitrogens with zero attached hydrogens (tertiary/aromatic N) is 5. The number of rotatable bonds is 3. The highest BCUT2D eigenvalue weighted by atomic mass is 16.2. The summed E-state index contributed by atoms with van der Waals surface area (Å²) in [7, 11) is 0. The van der Waals surface area contributed by atoms with Crippen LogP contribution in [0.3, 0.4) is 0 Å². The van der Waals surface area contributed by atoms with E-state index in [0.717, 1.165) is 42.0 Å². The van der Waals surface area contributed by atoms with Gasteiger partial charge in [-0.05, 0) is 49.6 Å². The summed E-state index contributed by atoms with van der Waals surface area (Å²) < 4.78 is 0. The van der Waals surface area contributed by atoms with E-state index in [0.29, 0.717) is 12.1 Å². The number of amides is 1. The molecule has 3 aromatic heterocycles. The maximum atomic E-state index is 12.8. The molecule has 0 spiro atoms. The van der Waals surface area contributed by atoms with Gasteiger partial charge in [-0.2, -0.15) is 0 Å². The van der Waals surface area contributed by atoms with Gasteiger partial charge in [-0.3, -0.25) is 14.8 Å². The lowest BCUT2D eigenvalue weighted by Gasteiger charge is -2.33. The van der Waals surface area contributed by atoms with Crippen molar-refractivity contribution in [2.24, 2.45) is 0 Å². The number of carbonyl (C=O) groups is 1. The first kappa shape index (κ1) is 17.3. The number of hydrogen-bond donors (Lipinski definition) is 0. The Bertz CT molecular complexity index is 930. The summed E-state index contributed by atoms with van der Waals surface area (Å²) in [6, 6.07) is 7.55. The Balaban J connectivity index is 1.64. The molecule has 1 atom stereocenters. The van der Waals surface area contributed by atoms with Crippen LogP contribution in [0.25, 0.3) is 11.1 Å². The molecule has 4 rings (SSSR count). The zero-order valence-corrected chi connectivity index (χ0v) is 15.2. The molecule has 6 nitrogen and oxygen atoms in total. The van der Waals surface area contributed by atoms with Gasteiger partial charge in [0.1, 0.15) is 5.82 Å². The number of aromatic nitrogens is 4. The molecule has 1 amide bonds. The molecule has 27 heavy (non-hydrogen) atoms. The second-order valence-electron chi connectivity index (χ2n) is 6.78. The number of piperidine rings is 1. The van der Waals surface area contributed by atoms with Crippen molar-refractivity contribution in [3.63, 3.8) is 0 Å². The molecule has 4 heterocycles. The highest BCUT2D eigenvalue weighted by Crippen LogP contribution is 2.33. The summed E-state index contributed by atoms with van der Waals surface area (Å²) in [5.74, 6) is 0.965. The first-order valence-corrected chi connectivity index (χ1v) is 9.15. The van der Waals surface area contributed by atoms with E-state index in [2.05, 4.69) is 15.0 Å². The van der Waals surface area contributed by atoms with E-state index in [-0.39, 0.29) is 11.8 Å². The first-order chi connectivity index (χ1) is 13.2. The average molecular weight is 359 g/mol. The number of likely N-dealkylation sites (tertiary alicyclic amines) is 1. The fourth-order valence-electron chi connectivity index (χ4n) is 3.61. The molecule has 6 heteroatoms. The van der Waals surface area contributed by atoms with Crippen molar-refractivity contribution in [2.75, 3.05) is 13.1 Å². The second kappa shape index (κ2) is 7.61. The van der Waals surface area contributed by atoms with Crippen LogP contribution in [0, 0.1) is 6.92 Å². The molecule has 1 aliphatic rings. The Hall–Kier alpha value is -3.15. The molecule has 0 aromatic carbocycles. The van der Waals surface area contributed by atoms with Crippen LogP contribution < -0.4 is 0 Å². The quantitative estimate of drug-likeness (QED) is 0.718. The predicted octanol–water partition coefficient (Wildman–Crippen LogP) is 3.26. The van der Waals surface area contributed by atoms with Crippen molar-refractivity contribution in [2.45, 2.75) is 25.7 Å². The summed E-state index contributed by atoms with van der Waals surface area (Å²) in [6.45, 7) is 3.32. The van der Waals surface area contributed by atoms with Gasteiger partial charge in [-0.15, -0.1) is 0 Å². The van der Waals surface area contributed by atoms with E-state index in [9.17, 15) is 4.79 Å². The molecule has 1 fully saturated rings. The van der Waals surface area contributed by atoms with E-state index in [1.807, 2.05) is 36.2 Å². The highest BCUT2D eigenvalue weighted by molar-refractivity contribution is 5.94. The molecule has 1 aliphatic heterocycles. The van der Waals surface area contributed by atoms with Crippen LogP contribution >= 0.6 is 0 Å². The van der Waals surface area contributed by atoms with E-state index in [4.69, 9.17) is 4.98 Å².